The fraction of sp³-hybridized carbons (Fsp3) is 0.667. The van der Waals surface area contributed by atoms with E-state index >= 15 is 0 Å². The summed E-state index contributed by atoms with van der Waals surface area (Å²) in [5.41, 5.74) is 3.37. The fourth-order valence-electron chi connectivity index (χ4n) is 6.54. The summed E-state index contributed by atoms with van der Waals surface area (Å²) in [6.45, 7) is 4.02. The number of hydrogen-bond donors (Lipinski definition) is 12. The van der Waals surface area contributed by atoms with Crippen LogP contribution in [0.15, 0.2) is 36.4 Å². The van der Waals surface area contributed by atoms with Crippen LogP contribution < -0.4 is 9.47 Å². The van der Waals surface area contributed by atoms with Gasteiger partial charge >= 0.3 is 0 Å². The van der Waals surface area contributed by atoms with Crippen molar-refractivity contribution in [3.05, 3.63) is 58.7 Å². The Bertz CT molecular complexity index is 1420. The van der Waals surface area contributed by atoms with Crippen LogP contribution in [0.2, 0.25) is 0 Å². The molecule has 0 bridgehead atoms. The zero-order chi connectivity index (χ0) is 39.1. The SMILES string of the molecule is CCc1ccc(OC2OC(CO)C(OC3CC(CO)C(O)C(O)C3O)C(O)C2O)c(C)c1.Cc1cc(CO)ccc1OC1OC(CO)C(O)C(O)C1O. The van der Waals surface area contributed by atoms with Gasteiger partial charge in [-0.15, -0.1) is 0 Å². The second-order valence-electron chi connectivity index (χ2n) is 13.6. The highest BCUT2D eigenvalue weighted by atomic mass is 16.7. The van der Waals surface area contributed by atoms with Crippen LogP contribution in [0, 0.1) is 19.8 Å². The van der Waals surface area contributed by atoms with E-state index in [1.54, 1.807) is 31.2 Å². The molecule has 12 N–H and O–H groups in total. The molecule has 300 valence electrons. The van der Waals surface area contributed by atoms with Crippen LogP contribution in [0.1, 0.15) is 35.6 Å². The molecule has 2 aromatic rings. The Hall–Kier alpha value is -2.56. The predicted octanol–water partition coefficient (Wildman–Crippen LogP) is -3.11. The minimum absolute atomic E-state index is 0.00371. The first-order valence-corrected chi connectivity index (χ1v) is 17.6. The molecular formula is C36H54O17. The quantitative estimate of drug-likeness (QED) is 0.108. The topological polar surface area (TPSA) is 289 Å². The van der Waals surface area contributed by atoms with Crippen molar-refractivity contribution in [3.63, 3.8) is 0 Å². The first-order valence-electron chi connectivity index (χ1n) is 17.6. The van der Waals surface area contributed by atoms with E-state index in [1.165, 1.54) is 0 Å². The fourth-order valence-corrected chi connectivity index (χ4v) is 6.54. The lowest BCUT2D eigenvalue weighted by Crippen LogP contribution is -2.63. The second-order valence-corrected chi connectivity index (χ2v) is 13.6. The van der Waals surface area contributed by atoms with Crippen LogP contribution in [0.5, 0.6) is 11.5 Å². The lowest BCUT2D eigenvalue weighted by atomic mass is 9.81. The monoisotopic (exact) mass is 758 g/mol. The van der Waals surface area contributed by atoms with Gasteiger partial charge in [0.15, 0.2) is 0 Å². The molecule has 17 heteroatoms. The van der Waals surface area contributed by atoms with Crippen molar-refractivity contribution in [2.45, 2.75) is 126 Å². The minimum Gasteiger partial charge on any atom is -0.462 e. The Morgan fingerprint density at radius 2 is 1.09 bits per heavy atom. The summed E-state index contributed by atoms with van der Waals surface area (Å²) in [6.07, 6.45) is -17.9. The van der Waals surface area contributed by atoms with Gasteiger partial charge in [0.25, 0.3) is 0 Å². The van der Waals surface area contributed by atoms with Gasteiger partial charge in [0.2, 0.25) is 12.6 Å². The minimum atomic E-state index is -1.56. The van der Waals surface area contributed by atoms with E-state index in [0.29, 0.717) is 17.1 Å². The Morgan fingerprint density at radius 1 is 0.585 bits per heavy atom. The van der Waals surface area contributed by atoms with Crippen molar-refractivity contribution < 1.29 is 85.0 Å². The number of benzene rings is 2. The van der Waals surface area contributed by atoms with Gasteiger partial charge < -0.3 is 85.0 Å². The highest BCUT2D eigenvalue weighted by Gasteiger charge is 2.50. The third-order valence-electron chi connectivity index (χ3n) is 9.89. The standard InChI is InChI=1S/C22H34O10.C14H20O7/c1-3-11-4-5-13(10(2)6-11)31-22-20(29)19(28)21(15(9-24)32-22)30-14-7-12(8-23)16(25)18(27)17(14)26;1-7-4-8(5-15)2-3-9(7)20-14-13(19)12(18)11(17)10(6-16)21-14/h4-6,12,14-29H,3,7-9H2,1-2H3;2-4,10-19H,5-6H2,1H3. The van der Waals surface area contributed by atoms with E-state index in [1.807, 2.05) is 26.0 Å². The van der Waals surface area contributed by atoms with Gasteiger partial charge in [-0.05, 0) is 61.1 Å². The summed E-state index contributed by atoms with van der Waals surface area (Å²) in [4.78, 5) is 0. The molecule has 1 aliphatic carbocycles. The van der Waals surface area contributed by atoms with Crippen LogP contribution in [0.25, 0.3) is 0 Å². The Morgan fingerprint density at radius 3 is 1.60 bits per heavy atom. The first-order chi connectivity index (χ1) is 25.2. The van der Waals surface area contributed by atoms with Crippen LogP contribution >= 0.6 is 0 Å². The number of rotatable bonds is 11. The molecule has 3 aliphatic rings. The maximum Gasteiger partial charge on any atom is 0.229 e. The average Bonchev–Trinajstić information content (AvgIpc) is 3.16. The molecule has 0 spiro atoms. The summed E-state index contributed by atoms with van der Waals surface area (Å²) < 4.78 is 28.0. The molecule has 0 amide bonds. The summed E-state index contributed by atoms with van der Waals surface area (Å²) in [6, 6.07) is 10.6. The van der Waals surface area contributed by atoms with Crippen molar-refractivity contribution in [1.29, 1.82) is 0 Å². The zero-order valence-corrected chi connectivity index (χ0v) is 29.8. The molecule has 0 aromatic heterocycles. The molecule has 5 rings (SSSR count). The maximum atomic E-state index is 10.7. The van der Waals surface area contributed by atoms with Crippen molar-refractivity contribution in [1.82, 2.24) is 0 Å². The molecule has 2 aromatic carbocycles. The molecule has 1 saturated carbocycles. The highest BCUT2D eigenvalue weighted by Crippen LogP contribution is 2.33. The third kappa shape index (κ3) is 10.0. The van der Waals surface area contributed by atoms with Gasteiger partial charge in [-0.2, -0.15) is 0 Å². The molecule has 15 unspecified atom stereocenters. The van der Waals surface area contributed by atoms with E-state index in [2.05, 4.69) is 0 Å². The second kappa shape index (κ2) is 19.3. The van der Waals surface area contributed by atoms with Crippen molar-refractivity contribution >= 4 is 0 Å². The molecule has 3 fully saturated rings. The van der Waals surface area contributed by atoms with Crippen LogP contribution in [0.3, 0.4) is 0 Å². The molecule has 0 radical (unpaired) electrons. The lowest BCUT2D eigenvalue weighted by molar-refractivity contribution is -0.303. The number of hydrogen-bond acceptors (Lipinski definition) is 17. The van der Waals surface area contributed by atoms with E-state index in [4.69, 9.17) is 33.9 Å². The zero-order valence-electron chi connectivity index (χ0n) is 29.8. The molecule has 17 nitrogen and oxygen atoms in total. The molecule has 2 saturated heterocycles. The third-order valence-corrected chi connectivity index (χ3v) is 9.89. The molecule has 53 heavy (non-hydrogen) atoms. The molecule has 2 aliphatic heterocycles. The number of aryl methyl sites for hydroxylation is 3. The van der Waals surface area contributed by atoms with Gasteiger partial charge in [-0.25, -0.2) is 0 Å². The van der Waals surface area contributed by atoms with Crippen molar-refractivity contribution in [2.75, 3.05) is 19.8 Å². The molecule has 2 heterocycles. The summed E-state index contributed by atoms with van der Waals surface area (Å²) in [7, 11) is 0. The van der Waals surface area contributed by atoms with Crippen LogP contribution in [0.4, 0.5) is 0 Å². The largest absolute Gasteiger partial charge is 0.462 e. The Kier molecular flexibility index (Phi) is 15.8. The number of aliphatic hydroxyl groups is 12. The van der Waals surface area contributed by atoms with Gasteiger partial charge in [0.05, 0.1) is 32.0 Å². The van der Waals surface area contributed by atoms with E-state index in [9.17, 15) is 51.1 Å². The van der Waals surface area contributed by atoms with Crippen LogP contribution in [-0.4, -0.2) is 167 Å². The van der Waals surface area contributed by atoms with Crippen molar-refractivity contribution in [2.24, 2.45) is 5.92 Å². The highest BCUT2D eigenvalue weighted by molar-refractivity contribution is 5.37. The Labute approximate surface area is 306 Å². The van der Waals surface area contributed by atoms with Gasteiger partial charge in [0, 0.05) is 12.5 Å². The van der Waals surface area contributed by atoms with Gasteiger partial charge in [-0.1, -0.05) is 31.2 Å². The summed E-state index contributed by atoms with van der Waals surface area (Å²) in [5.74, 6) is 0.124. The number of aliphatic hydroxyl groups excluding tert-OH is 12. The van der Waals surface area contributed by atoms with Gasteiger partial charge in [0.1, 0.15) is 72.5 Å². The van der Waals surface area contributed by atoms with E-state index in [-0.39, 0.29) is 13.0 Å². The summed E-state index contributed by atoms with van der Waals surface area (Å²) >= 11 is 0. The van der Waals surface area contributed by atoms with Crippen LogP contribution in [-0.2, 0) is 27.2 Å². The maximum absolute atomic E-state index is 10.7. The van der Waals surface area contributed by atoms with E-state index < -0.39 is 112 Å². The van der Waals surface area contributed by atoms with Gasteiger partial charge in [-0.3, -0.25) is 0 Å². The first kappa shape index (κ1) is 43.2. The normalized spacial score (nSPS) is 37.4. The molecule has 15 atom stereocenters. The molecular weight excluding hydrogens is 704 g/mol. The number of ether oxygens (including phenoxy) is 5. The average molecular weight is 759 g/mol. The lowest BCUT2D eigenvalue weighted by Gasteiger charge is -2.46. The Balaban J connectivity index is 0.000000258. The smallest absolute Gasteiger partial charge is 0.229 e. The van der Waals surface area contributed by atoms with E-state index in [0.717, 1.165) is 23.1 Å². The van der Waals surface area contributed by atoms with Crippen molar-refractivity contribution in [3.8, 4) is 11.5 Å². The predicted molar refractivity (Wildman–Crippen MR) is 182 cm³/mol. The summed E-state index contributed by atoms with van der Waals surface area (Å²) in [5, 5.41) is 118.